The Balaban J connectivity index is 1.90. The van der Waals surface area contributed by atoms with E-state index in [0.717, 1.165) is 4.70 Å². The first kappa shape index (κ1) is 15.1. The second-order valence-corrected chi connectivity index (χ2v) is 6.09. The van der Waals surface area contributed by atoms with E-state index in [1.807, 2.05) is 0 Å². The Bertz CT molecular complexity index is 936. The van der Waals surface area contributed by atoms with Crippen molar-refractivity contribution in [2.24, 2.45) is 0 Å². The molecule has 3 aromatic rings. The number of benzene rings is 2. The lowest BCUT2D eigenvalue weighted by Crippen LogP contribution is -2.11. The van der Waals surface area contributed by atoms with Crippen LogP contribution >= 0.6 is 11.3 Å². The van der Waals surface area contributed by atoms with Gasteiger partial charge in [-0.1, -0.05) is 0 Å². The Morgan fingerprint density at radius 3 is 2.70 bits per heavy atom. The third kappa shape index (κ3) is 3.04. The summed E-state index contributed by atoms with van der Waals surface area (Å²) in [5.74, 6) is -0.696. The van der Waals surface area contributed by atoms with Crippen molar-refractivity contribution in [3.63, 3.8) is 0 Å². The van der Waals surface area contributed by atoms with Crippen LogP contribution in [0.25, 0.3) is 10.1 Å². The number of hydrogen-bond acceptors (Lipinski definition) is 4. The molecule has 0 bridgehead atoms. The summed E-state index contributed by atoms with van der Waals surface area (Å²) in [7, 11) is 0. The van der Waals surface area contributed by atoms with E-state index < -0.39 is 4.92 Å². The lowest BCUT2D eigenvalue weighted by molar-refractivity contribution is -0.384. The molecule has 0 aliphatic heterocycles. The van der Waals surface area contributed by atoms with Gasteiger partial charge in [-0.05, 0) is 42.8 Å². The Morgan fingerprint density at radius 2 is 2.00 bits per heavy atom. The third-order valence-corrected chi connectivity index (χ3v) is 4.49. The summed E-state index contributed by atoms with van der Waals surface area (Å²) in [5, 5.41) is 14.2. The predicted octanol–water partition coefficient (Wildman–Crippen LogP) is 4.51. The smallest absolute Gasteiger partial charge is 0.270 e. The molecule has 0 unspecified atom stereocenters. The molecule has 7 heteroatoms. The molecule has 0 aliphatic carbocycles. The second-order valence-electron chi connectivity index (χ2n) is 5.00. The highest BCUT2D eigenvalue weighted by Crippen LogP contribution is 2.29. The molecule has 1 amide bonds. The van der Waals surface area contributed by atoms with Crippen molar-refractivity contribution in [1.29, 1.82) is 0 Å². The fourth-order valence-corrected chi connectivity index (χ4v) is 3.15. The fourth-order valence-electron chi connectivity index (χ4n) is 2.21. The monoisotopic (exact) mass is 330 g/mol. The minimum absolute atomic E-state index is 0.0170. The SMILES string of the molecule is Cc1cc(F)ccc1NC(=O)c1cc2cc([N+](=O)[O-])ccc2s1. The summed E-state index contributed by atoms with van der Waals surface area (Å²) in [6, 6.07) is 10.2. The minimum Gasteiger partial charge on any atom is -0.321 e. The van der Waals surface area contributed by atoms with Crippen LogP contribution in [0.15, 0.2) is 42.5 Å². The van der Waals surface area contributed by atoms with Gasteiger partial charge in [-0.25, -0.2) is 4.39 Å². The van der Waals surface area contributed by atoms with Gasteiger partial charge in [-0.2, -0.15) is 0 Å². The number of carbonyl (C=O) groups excluding carboxylic acids is 1. The fraction of sp³-hybridized carbons (Fsp3) is 0.0625. The Morgan fingerprint density at radius 1 is 1.22 bits per heavy atom. The van der Waals surface area contributed by atoms with E-state index in [-0.39, 0.29) is 17.4 Å². The maximum atomic E-state index is 13.1. The molecule has 0 saturated carbocycles. The molecule has 0 atom stereocenters. The van der Waals surface area contributed by atoms with Crippen LogP contribution in [-0.2, 0) is 0 Å². The van der Waals surface area contributed by atoms with Gasteiger partial charge in [0, 0.05) is 27.9 Å². The van der Waals surface area contributed by atoms with E-state index >= 15 is 0 Å². The average molecular weight is 330 g/mol. The summed E-state index contributed by atoms with van der Waals surface area (Å²) >= 11 is 1.25. The molecule has 1 N–H and O–H groups in total. The number of hydrogen-bond donors (Lipinski definition) is 1. The van der Waals surface area contributed by atoms with Crippen LogP contribution in [0, 0.1) is 22.9 Å². The minimum atomic E-state index is -0.473. The van der Waals surface area contributed by atoms with Crippen LogP contribution in [0.1, 0.15) is 15.2 Å². The average Bonchev–Trinajstić information content (AvgIpc) is 2.93. The normalized spacial score (nSPS) is 10.7. The Hall–Kier alpha value is -2.80. The molecule has 23 heavy (non-hydrogen) atoms. The van der Waals surface area contributed by atoms with Crippen molar-refractivity contribution in [1.82, 2.24) is 0 Å². The number of thiophene rings is 1. The van der Waals surface area contributed by atoms with Crippen LogP contribution in [-0.4, -0.2) is 10.8 Å². The Kier molecular flexibility index (Phi) is 3.79. The lowest BCUT2D eigenvalue weighted by Gasteiger charge is -2.06. The number of nitro groups is 1. The maximum absolute atomic E-state index is 13.1. The van der Waals surface area contributed by atoms with Crippen LogP contribution in [0.2, 0.25) is 0 Å². The van der Waals surface area contributed by atoms with Crippen molar-refractivity contribution in [2.45, 2.75) is 6.92 Å². The molecule has 2 aromatic carbocycles. The molecule has 0 fully saturated rings. The Labute approximate surface area is 134 Å². The summed E-state index contributed by atoms with van der Waals surface area (Å²) in [4.78, 5) is 23.1. The number of halogens is 1. The highest BCUT2D eigenvalue weighted by Gasteiger charge is 2.14. The van der Waals surface area contributed by atoms with Gasteiger partial charge in [0.15, 0.2) is 0 Å². The molecule has 0 aliphatic rings. The number of aryl methyl sites for hydroxylation is 1. The van der Waals surface area contributed by atoms with Gasteiger partial charge >= 0.3 is 0 Å². The van der Waals surface area contributed by atoms with E-state index in [2.05, 4.69) is 5.32 Å². The van der Waals surface area contributed by atoms with Crippen molar-refractivity contribution in [2.75, 3.05) is 5.32 Å². The predicted molar refractivity (Wildman–Crippen MR) is 87.6 cm³/mol. The lowest BCUT2D eigenvalue weighted by atomic mass is 10.2. The van der Waals surface area contributed by atoms with E-state index in [4.69, 9.17) is 0 Å². The number of anilines is 1. The number of rotatable bonds is 3. The van der Waals surface area contributed by atoms with E-state index in [0.29, 0.717) is 21.5 Å². The summed E-state index contributed by atoms with van der Waals surface area (Å²) in [6.45, 7) is 1.70. The van der Waals surface area contributed by atoms with Crippen molar-refractivity contribution >= 4 is 38.7 Å². The summed E-state index contributed by atoms with van der Waals surface area (Å²) in [6.07, 6.45) is 0. The number of non-ortho nitro benzene ring substituents is 1. The molecule has 5 nitrogen and oxygen atoms in total. The number of fused-ring (bicyclic) bond motifs is 1. The first-order valence-electron chi connectivity index (χ1n) is 6.69. The standard InChI is InChI=1S/C16H11FN2O3S/c1-9-6-11(17)2-4-13(9)18-16(20)15-8-10-7-12(19(21)22)3-5-14(10)23-15/h2-8H,1H3,(H,18,20). The number of nitrogens with one attached hydrogen (secondary N) is 1. The van der Waals surface area contributed by atoms with Gasteiger partial charge in [-0.3, -0.25) is 14.9 Å². The van der Waals surface area contributed by atoms with Gasteiger partial charge in [0.05, 0.1) is 9.80 Å². The van der Waals surface area contributed by atoms with Gasteiger partial charge in [0.1, 0.15) is 5.82 Å². The highest BCUT2D eigenvalue weighted by atomic mass is 32.1. The van der Waals surface area contributed by atoms with E-state index in [1.54, 1.807) is 19.1 Å². The molecule has 116 valence electrons. The van der Waals surface area contributed by atoms with Gasteiger partial charge in [0.2, 0.25) is 0 Å². The highest BCUT2D eigenvalue weighted by molar-refractivity contribution is 7.20. The molecule has 0 radical (unpaired) electrons. The molecule has 3 rings (SSSR count). The molecule has 1 heterocycles. The zero-order valence-corrected chi connectivity index (χ0v) is 12.8. The second kappa shape index (κ2) is 5.77. The third-order valence-electron chi connectivity index (χ3n) is 3.37. The van der Waals surface area contributed by atoms with Crippen LogP contribution < -0.4 is 5.32 Å². The van der Waals surface area contributed by atoms with Crippen molar-refractivity contribution in [3.05, 3.63) is 68.8 Å². The van der Waals surface area contributed by atoms with Gasteiger partial charge < -0.3 is 5.32 Å². The zero-order valence-electron chi connectivity index (χ0n) is 12.0. The zero-order chi connectivity index (χ0) is 16.6. The first-order valence-corrected chi connectivity index (χ1v) is 7.51. The van der Waals surface area contributed by atoms with Crippen LogP contribution in [0.3, 0.4) is 0 Å². The molecule has 0 spiro atoms. The topological polar surface area (TPSA) is 72.2 Å². The van der Waals surface area contributed by atoms with Crippen LogP contribution in [0.5, 0.6) is 0 Å². The first-order chi connectivity index (χ1) is 10.9. The summed E-state index contributed by atoms with van der Waals surface area (Å²) < 4.78 is 13.9. The number of nitrogens with zero attached hydrogens (tertiary/aromatic N) is 1. The quantitative estimate of drug-likeness (QED) is 0.567. The van der Waals surface area contributed by atoms with Crippen molar-refractivity contribution in [3.8, 4) is 0 Å². The number of amides is 1. The van der Waals surface area contributed by atoms with Crippen LogP contribution in [0.4, 0.5) is 15.8 Å². The van der Waals surface area contributed by atoms with Gasteiger partial charge in [-0.15, -0.1) is 11.3 Å². The molecule has 0 saturated heterocycles. The number of carbonyl (C=O) groups is 1. The molecule has 1 aromatic heterocycles. The molecular formula is C16H11FN2O3S. The largest absolute Gasteiger partial charge is 0.321 e. The van der Waals surface area contributed by atoms with E-state index in [9.17, 15) is 19.3 Å². The molecular weight excluding hydrogens is 319 g/mol. The van der Waals surface area contributed by atoms with E-state index in [1.165, 1.54) is 41.7 Å². The summed E-state index contributed by atoms with van der Waals surface area (Å²) in [5.41, 5.74) is 1.13. The maximum Gasteiger partial charge on any atom is 0.270 e. The van der Waals surface area contributed by atoms with Gasteiger partial charge in [0.25, 0.3) is 11.6 Å². The number of nitro benzene ring substituents is 1. The van der Waals surface area contributed by atoms with Crippen molar-refractivity contribution < 1.29 is 14.1 Å².